The van der Waals surface area contributed by atoms with Crippen molar-refractivity contribution in [1.82, 2.24) is 4.90 Å². The van der Waals surface area contributed by atoms with E-state index in [1.165, 1.54) is 4.90 Å². The van der Waals surface area contributed by atoms with Gasteiger partial charge in [0.25, 0.3) is 5.24 Å². The fourth-order valence-electron chi connectivity index (χ4n) is 3.26. The lowest BCUT2D eigenvalue weighted by Gasteiger charge is -2.14. The fraction of sp³-hybridized carbons (Fsp3) is 0.167. The van der Waals surface area contributed by atoms with E-state index in [1.807, 2.05) is 60.7 Å². The highest BCUT2D eigenvalue weighted by Gasteiger charge is 2.39. The third-order valence-electron chi connectivity index (χ3n) is 4.96. The number of nitrogens with zero attached hydrogens (tertiary/aromatic N) is 1. The lowest BCUT2D eigenvalue weighted by molar-refractivity contribution is -0.127. The Bertz CT molecular complexity index is 1090. The van der Waals surface area contributed by atoms with E-state index in [9.17, 15) is 9.59 Å². The van der Waals surface area contributed by atoms with Crippen LogP contribution in [0.5, 0.6) is 5.75 Å². The molecule has 1 fully saturated rings. The van der Waals surface area contributed by atoms with Gasteiger partial charge in [-0.1, -0.05) is 77.4 Å². The normalized spacial score (nSPS) is 16.1. The monoisotopic (exact) mass is 471 g/mol. The van der Waals surface area contributed by atoms with Crippen molar-refractivity contribution < 1.29 is 14.3 Å². The van der Waals surface area contributed by atoms with Gasteiger partial charge in [-0.05, 0) is 47.9 Å². The second-order valence-electron chi connectivity index (χ2n) is 7.15. The van der Waals surface area contributed by atoms with E-state index in [0.29, 0.717) is 23.1 Å². The van der Waals surface area contributed by atoms with Crippen LogP contribution in [0.1, 0.15) is 16.7 Å². The molecule has 0 spiro atoms. The largest absolute Gasteiger partial charge is 0.489 e. The van der Waals surface area contributed by atoms with Gasteiger partial charge in [0.15, 0.2) is 0 Å². The predicted octanol–water partition coefficient (Wildman–Crippen LogP) is 6.38. The fourth-order valence-corrected chi connectivity index (χ4v) is 4.60. The Morgan fingerprint density at radius 2 is 1.55 bits per heavy atom. The number of halogens is 2. The van der Waals surface area contributed by atoms with Crippen LogP contribution in [0.3, 0.4) is 0 Å². The first-order valence-electron chi connectivity index (χ1n) is 9.71. The number of benzene rings is 3. The lowest BCUT2D eigenvalue weighted by Crippen LogP contribution is -2.31. The molecular formula is C24H19Cl2NO3S. The van der Waals surface area contributed by atoms with E-state index in [4.69, 9.17) is 27.9 Å². The molecule has 4 nitrogen and oxygen atoms in total. The molecule has 0 saturated carbocycles. The molecule has 1 aliphatic rings. The van der Waals surface area contributed by atoms with E-state index in [-0.39, 0.29) is 17.7 Å². The molecule has 0 N–H and O–H groups in total. The Balaban J connectivity index is 1.34. The first-order valence-corrected chi connectivity index (χ1v) is 11.3. The summed E-state index contributed by atoms with van der Waals surface area (Å²) in [4.78, 5) is 26.4. The molecule has 0 bridgehead atoms. The van der Waals surface area contributed by atoms with E-state index < -0.39 is 5.25 Å². The summed E-state index contributed by atoms with van der Waals surface area (Å²) in [5.74, 6) is 0.554. The highest BCUT2D eigenvalue weighted by molar-refractivity contribution is 8.15. The number of thioether (sulfide) groups is 1. The summed E-state index contributed by atoms with van der Waals surface area (Å²) in [6.45, 7) is 0.636. The Labute approximate surface area is 195 Å². The zero-order valence-electron chi connectivity index (χ0n) is 16.5. The van der Waals surface area contributed by atoms with Crippen molar-refractivity contribution >= 4 is 46.1 Å². The van der Waals surface area contributed by atoms with Gasteiger partial charge in [0.05, 0.1) is 11.8 Å². The Kier molecular flexibility index (Phi) is 6.86. The quantitative estimate of drug-likeness (QED) is 0.401. The SMILES string of the molecule is O=C1S[C@@H](Cc2ccc(OCc3ccccc3Cl)cc2)C(=O)N1Cc1ccc(Cl)cc1. The molecule has 4 rings (SSSR count). The minimum Gasteiger partial charge on any atom is -0.489 e. The third kappa shape index (κ3) is 5.42. The van der Waals surface area contributed by atoms with Crippen LogP contribution in [0.15, 0.2) is 72.8 Å². The topological polar surface area (TPSA) is 46.6 Å². The van der Waals surface area contributed by atoms with Gasteiger partial charge < -0.3 is 4.74 Å². The van der Waals surface area contributed by atoms with Crippen molar-refractivity contribution in [3.63, 3.8) is 0 Å². The van der Waals surface area contributed by atoms with Crippen LogP contribution in [0, 0.1) is 0 Å². The molecule has 1 heterocycles. The molecule has 0 unspecified atom stereocenters. The van der Waals surface area contributed by atoms with Crippen molar-refractivity contribution in [2.75, 3.05) is 0 Å². The van der Waals surface area contributed by atoms with Crippen molar-refractivity contribution in [3.8, 4) is 5.75 Å². The van der Waals surface area contributed by atoms with Crippen molar-refractivity contribution in [3.05, 3.63) is 99.5 Å². The Morgan fingerprint density at radius 3 is 2.26 bits per heavy atom. The molecule has 1 saturated heterocycles. The number of amides is 2. The number of hydrogen-bond acceptors (Lipinski definition) is 4. The van der Waals surface area contributed by atoms with Crippen LogP contribution in [0.2, 0.25) is 10.0 Å². The molecular weight excluding hydrogens is 453 g/mol. The van der Waals surface area contributed by atoms with Crippen LogP contribution in [-0.2, 0) is 24.4 Å². The van der Waals surface area contributed by atoms with Gasteiger partial charge >= 0.3 is 0 Å². The number of ether oxygens (including phenoxy) is 1. The minimum absolute atomic E-state index is 0.163. The molecule has 0 radical (unpaired) electrons. The number of carbonyl (C=O) groups excluding carboxylic acids is 2. The van der Waals surface area contributed by atoms with Gasteiger partial charge in [-0.3, -0.25) is 14.5 Å². The summed E-state index contributed by atoms with van der Waals surface area (Å²) < 4.78 is 5.80. The maximum Gasteiger partial charge on any atom is 0.289 e. The summed E-state index contributed by atoms with van der Waals surface area (Å²) >= 11 is 13.1. The van der Waals surface area contributed by atoms with Gasteiger partial charge in [0, 0.05) is 15.6 Å². The molecule has 158 valence electrons. The van der Waals surface area contributed by atoms with E-state index >= 15 is 0 Å². The number of rotatable bonds is 7. The molecule has 0 aliphatic carbocycles. The van der Waals surface area contributed by atoms with Crippen LogP contribution >= 0.6 is 35.0 Å². The zero-order chi connectivity index (χ0) is 21.8. The predicted molar refractivity (Wildman–Crippen MR) is 125 cm³/mol. The average molecular weight is 472 g/mol. The van der Waals surface area contributed by atoms with Crippen molar-refractivity contribution in [2.45, 2.75) is 24.8 Å². The Hall–Kier alpha value is -2.47. The van der Waals surface area contributed by atoms with Gasteiger partial charge in [-0.25, -0.2) is 0 Å². The second-order valence-corrected chi connectivity index (χ2v) is 9.15. The van der Waals surface area contributed by atoms with Gasteiger partial charge in [-0.2, -0.15) is 0 Å². The zero-order valence-corrected chi connectivity index (χ0v) is 18.8. The maximum absolute atomic E-state index is 12.8. The third-order valence-corrected chi connectivity index (χ3v) is 6.65. The summed E-state index contributed by atoms with van der Waals surface area (Å²) in [6.07, 6.45) is 0.483. The van der Waals surface area contributed by atoms with Crippen molar-refractivity contribution in [1.29, 1.82) is 0 Å². The number of imide groups is 1. The molecule has 1 aliphatic heterocycles. The second kappa shape index (κ2) is 9.77. The molecule has 1 atom stereocenters. The van der Waals surface area contributed by atoms with Crippen LogP contribution in [-0.4, -0.2) is 21.3 Å². The van der Waals surface area contributed by atoms with Crippen molar-refractivity contribution in [2.24, 2.45) is 0 Å². The molecule has 3 aromatic rings. The van der Waals surface area contributed by atoms with E-state index in [0.717, 1.165) is 34.2 Å². The highest BCUT2D eigenvalue weighted by Crippen LogP contribution is 2.31. The smallest absolute Gasteiger partial charge is 0.289 e. The highest BCUT2D eigenvalue weighted by atomic mass is 35.5. The van der Waals surface area contributed by atoms with Gasteiger partial charge in [0.1, 0.15) is 12.4 Å². The minimum atomic E-state index is -0.422. The van der Waals surface area contributed by atoms with Crippen LogP contribution in [0.25, 0.3) is 0 Å². The van der Waals surface area contributed by atoms with E-state index in [1.54, 1.807) is 12.1 Å². The first-order chi connectivity index (χ1) is 15.0. The first kappa shape index (κ1) is 21.8. The molecule has 3 aromatic carbocycles. The van der Waals surface area contributed by atoms with Gasteiger partial charge in [-0.15, -0.1) is 0 Å². The summed E-state index contributed by atoms with van der Waals surface area (Å²) in [7, 11) is 0. The standard InChI is InChI=1S/C24H19Cl2NO3S/c25-19-9-5-17(6-10-19)14-27-23(28)22(31-24(27)29)13-16-7-11-20(12-8-16)30-15-18-3-1-2-4-21(18)26/h1-12,22H,13-15H2/t22-/m0/s1. The molecule has 0 aromatic heterocycles. The number of carbonyl (C=O) groups is 2. The number of hydrogen-bond donors (Lipinski definition) is 0. The molecule has 7 heteroatoms. The summed E-state index contributed by atoms with van der Waals surface area (Å²) in [6, 6.07) is 22.3. The van der Waals surface area contributed by atoms with Crippen LogP contribution in [0.4, 0.5) is 4.79 Å². The lowest BCUT2D eigenvalue weighted by atomic mass is 10.1. The summed E-state index contributed by atoms with van der Waals surface area (Å²) in [5, 5.41) is 0.650. The van der Waals surface area contributed by atoms with Crippen LogP contribution < -0.4 is 4.74 Å². The summed E-state index contributed by atoms with van der Waals surface area (Å²) in [5.41, 5.74) is 2.75. The maximum atomic E-state index is 12.8. The molecule has 2 amide bonds. The average Bonchev–Trinajstić information content (AvgIpc) is 3.03. The molecule has 31 heavy (non-hydrogen) atoms. The van der Waals surface area contributed by atoms with E-state index in [2.05, 4.69) is 0 Å². The Morgan fingerprint density at radius 1 is 0.871 bits per heavy atom. The van der Waals surface area contributed by atoms with Gasteiger partial charge in [0.2, 0.25) is 5.91 Å².